The van der Waals surface area contributed by atoms with Gasteiger partial charge < -0.3 is 15.4 Å². The number of aromatic nitrogens is 2. The maximum absolute atomic E-state index is 13.7. The van der Waals surface area contributed by atoms with E-state index in [-0.39, 0.29) is 17.8 Å². The minimum atomic E-state index is -0.267. The van der Waals surface area contributed by atoms with E-state index in [4.69, 9.17) is 4.74 Å². The number of fused-ring (bicyclic) bond motifs is 1. The molecule has 8 heteroatoms. The van der Waals surface area contributed by atoms with Gasteiger partial charge in [0.1, 0.15) is 23.7 Å². The van der Waals surface area contributed by atoms with Crippen LogP contribution in [-0.2, 0) is 4.79 Å². The fourth-order valence-corrected chi connectivity index (χ4v) is 4.12. The lowest BCUT2D eigenvalue weighted by atomic mass is 10.1. The Hall–Kier alpha value is -3.52. The molecule has 0 bridgehead atoms. The van der Waals surface area contributed by atoms with Crippen molar-refractivity contribution in [3.63, 3.8) is 0 Å². The molecule has 1 aliphatic rings. The van der Waals surface area contributed by atoms with Crippen molar-refractivity contribution in [1.29, 1.82) is 0 Å². The number of halogens is 1. The Morgan fingerprint density at radius 2 is 1.97 bits per heavy atom. The fraction of sp³-hybridized carbons (Fsp3) is 0.370. The van der Waals surface area contributed by atoms with E-state index in [1.807, 2.05) is 26.0 Å². The second kappa shape index (κ2) is 11.3. The summed E-state index contributed by atoms with van der Waals surface area (Å²) in [5, 5.41) is 6.89. The van der Waals surface area contributed by atoms with Gasteiger partial charge in [-0.05, 0) is 76.5 Å². The Labute approximate surface area is 205 Å². The zero-order valence-electron chi connectivity index (χ0n) is 20.5. The van der Waals surface area contributed by atoms with E-state index in [1.54, 1.807) is 31.2 Å². The summed E-state index contributed by atoms with van der Waals surface area (Å²) in [4.78, 5) is 23.8. The van der Waals surface area contributed by atoms with Crippen LogP contribution in [0.15, 0.2) is 48.8 Å². The van der Waals surface area contributed by atoms with Gasteiger partial charge in [0.15, 0.2) is 0 Å². The molecule has 1 aliphatic heterocycles. The number of rotatable bonds is 8. The van der Waals surface area contributed by atoms with E-state index in [0.29, 0.717) is 39.4 Å². The fourth-order valence-electron chi connectivity index (χ4n) is 4.12. The molecule has 184 valence electrons. The van der Waals surface area contributed by atoms with Gasteiger partial charge in [-0.2, -0.15) is 0 Å². The standard InChI is InChI=1S/C27H32FN5O2/c1-18(2)35-25-16-23-21(27(30-17-29-23)31-20-9-10-22(28)19(3)14-20)15-24(25)32-26(34)8-7-13-33-11-5-4-6-12-33/h7-10,14-18H,4-6,11-13H2,1-3H3,(H,32,34)(H,29,30,31)/b8-7+. The Kier molecular flexibility index (Phi) is 7.92. The molecule has 0 spiro atoms. The van der Waals surface area contributed by atoms with Crippen LogP contribution < -0.4 is 15.4 Å². The summed E-state index contributed by atoms with van der Waals surface area (Å²) in [6.07, 6.45) is 8.55. The van der Waals surface area contributed by atoms with Crippen LogP contribution in [0.4, 0.5) is 21.6 Å². The molecular formula is C27H32FN5O2. The van der Waals surface area contributed by atoms with E-state index in [9.17, 15) is 9.18 Å². The minimum absolute atomic E-state index is 0.0839. The molecule has 7 nitrogen and oxygen atoms in total. The highest BCUT2D eigenvalue weighted by Crippen LogP contribution is 2.34. The van der Waals surface area contributed by atoms with E-state index in [2.05, 4.69) is 25.5 Å². The molecule has 0 atom stereocenters. The predicted molar refractivity (Wildman–Crippen MR) is 138 cm³/mol. The van der Waals surface area contributed by atoms with Crippen molar-refractivity contribution >= 4 is 34.0 Å². The molecule has 1 saturated heterocycles. The molecule has 0 unspecified atom stereocenters. The predicted octanol–water partition coefficient (Wildman–Crippen LogP) is 5.59. The molecule has 0 aliphatic carbocycles. The lowest BCUT2D eigenvalue weighted by Crippen LogP contribution is -2.29. The number of likely N-dealkylation sites (tertiary alicyclic amines) is 1. The topological polar surface area (TPSA) is 79.4 Å². The number of nitrogens with one attached hydrogen (secondary N) is 2. The Balaban J connectivity index is 1.59. The van der Waals surface area contributed by atoms with Crippen LogP contribution in [0.2, 0.25) is 0 Å². The Morgan fingerprint density at radius 3 is 2.71 bits per heavy atom. The monoisotopic (exact) mass is 477 g/mol. The zero-order valence-corrected chi connectivity index (χ0v) is 20.5. The van der Waals surface area contributed by atoms with Crippen molar-refractivity contribution in [3.8, 4) is 5.75 Å². The molecule has 0 radical (unpaired) electrons. The quantitative estimate of drug-likeness (QED) is 0.412. The van der Waals surface area contributed by atoms with Gasteiger partial charge in [-0.25, -0.2) is 14.4 Å². The first kappa shape index (κ1) is 24.6. The van der Waals surface area contributed by atoms with E-state index in [1.165, 1.54) is 31.7 Å². The van der Waals surface area contributed by atoms with Crippen molar-refractivity contribution in [3.05, 3.63) is 60.2 Å². The van der Waals surface area contributed by atoms with Gasteiger partial charge in [-0.15, -0.1) is 0 Å². The SMILES string of the molecule is Cc1cc(Nc2ncnc3cc(OC(C)C)c(NC(=O)/C=C/CN4CCCCC4)cc23)ccc1F. The number of hydrogen-bond donors (Lipinski definition) is 2. The largest absolute Gasteiger partial charge is 0.489 e. The van der Waals surface area contributed by atoms with Gasteiger partial charge >= 0.3 is 0 Å². The summed E-state index contributed by atoms with van der Waals surface area (Å²) < 4.78 is 19.7. The third-order valence-corrected chi connectivity index (χ3v) is 5.86. The molecular weight excluding hydrogens is 445 g/mol. The average Bonchev–Trinajstić information content (AvgIpc) is 2.82. The number of anilines is 3. The van der Waals surface area contributed by atoms with Gasteiger partial charge in [0.25, 0.3) is 0 Å². The first-order valence-corrected chi connectivity index (χ1v) is 12.1. The molecule has 4 rings (SSSR count). The van der Waals surface area contributed by atoms with E-state index < -0.39 is 0 Å². The smallest absolute Gasteiger partial charge is 0.248 e. The van der Waals surface area contributed by atoms with Crippen LogP contribution in [0.25, 0.3) is 10.9 Å². The van der Waals surface area contributed by atoms with Crippen LogP contribution in [0, 0.1) is 12.7 Å². The first-order valence-electron chi connectivity index (χ1n) is 12.1. The molecule has 1 aromatic heterocycles. The van der Waals surface area contributed by atoms with E-state index >= 15 is 0 Å². The number of carbonyl (C=O) groups excluding carboxylic acids is 1. The Morgan fingerprint density at radius 1 is 1.17 bits per heavy atom. The number of nitrogens with zero attached hydrogens (tertiary/aromatic N) is 3. The van der Waals surface area contributed by atoms with Crippen molar-refractivity contribution in [2.24, 2.45) is 0 Å². The zero-order chi connectivity index (χ0) is 24.8. The molecule has 0 saturated carbocycles. The van der Waals surface area contributed by atoms with Gasteiger partial charge in [0.2, 0.25) is 5.91 Å². The lowest BCUT2D eigenvalue weighted by molar-refractivity contribution is -0.111. The Bertz CT molecular complexity index is 1220. The number of aryl methyl sites for hydroxylation is 1. The van der Waals surface area contributed by atoms with Crippen LogP contribution >= 0.6 is 0 Å². The average molecular weight is 478 g/mol. The minimum Gasteiger partial charge on any atom is -0.489 e. The molecule has 35 heavy (non-hydrogen) atoms. The van der Waals surface area contributed by atoms with Crippen molar-refractivity contribution in [2.75, 3.05) is 30.3 Å². The van der Waals surface area contributed by atoms with Crippen LogP contribution in [0.3, 0.4) is 0 Å². The van der Waals surface area contributed by atoms with Crippen LogP contribution in [0.5, 0.6) is 5.75 Å². The summed E-state index contributed by atoms with van der Waals surface area (Å²) in [5.74, 6) is 0.591. The van der Waals surface area contributed by atoms with Crippen molar-refractivity contribution in [1.82, 2.24) is 14.9 Å². The summed E-state index contributed by atoms with van der Waals surface area (Å²) in [7, 11) is 0. The highest BCUT2D eigenvalue weighted by molar-refractivity contribution is 6.03. The molecule has 2 N–H and O–H groups in total. The third kappa shape index (κ3) is 6.54. The van der Waals surface area contributed by atoms with Gasteiger partial charge in [-0.1, -0.05) is 12.5 Å². The van der Waals surface area contributed by atoms with Crippen LogP contribution in [0.1, 0.15) is 38.7 Å². The number of ether oxygens (including phenoxy) is 1. The molecule has 3 aromatic rings. The summed E-state index contributed by atoms with van der Waals surface area (Å²) >= 11 is 0. The highest BCUT2D eigenvalue weighted by Gasteiger charge is 2.15. The van der Waals surface area contributed by atoms with Gasteiger partial charge in [-0.3, -0.25) is 9.69 Å². The lowest BCUT2D eigenvalue weighted by Gasteiger charge is -2.24. The number of piperidine rings is 1. The highest BCUT2D eigenvalue weighted by atomic mass is 19.1. The third-order valence-electron chi connectivity index (χ3n) is 5.86. The number of amides is 1. The van der Waals surface area contributed by atoms with Crippen molar-refractivity contribution in [2.45, 2.75) is 46.1 Å². The molecule has 1 amide bonds. The maximum atomic E-state index is 13.7. The first-order chi connectivity index (χ1) is 16.9. The number of benzene rings is 2. The number of hydrogen-bond acceptors (Lipinski definition) is 6. The van der Waals surface area contributed by atoms with Crippen molar-refractivity contribution < 1.29 is 13.9 Å². The van der Waals surface area contributed by atoms with Gasteiger partial charge in [0.05, 0.1) is 17.3 Å². The number of carbonyl (C=O) groups is 1. The van der Waals surface area contributed by atoms with E-state index in [0.717, 1.165) is 19.6 Å². The maximum Gasteiger partial charge on any atom is 0.248 e. The van der Waals surface area contributed by atoms with Gasteiger partial charge in [0, 0.05) is 29.8 Å². The summed E-state index contributed by atoms with van der Waals surface area (Å²) in [6.45, 7) is 8.48. The summed E-state index contributed by atoms with van der Waals surface area (Å²) in [5.41, 5.74) is 2.44. The van der Waals surface area contributed by atoms with Crippen LogP contribution in [-0.4, -0.2) is 46.5 Å². The second-order valence-electron chi connectivity index (χ2n) is 9.10. The molecule has 2 heterocycles. The molecule has 1 fully saturated rings. The molecule has 2 aromatic carbocycles. The normalized spacial score (nSPS) is 14.5. The summed E-state index contributed by atoms with van der Waals surface area (Å²) in [6, 6.07) is 8.39. The second-order valence-corrected chi connectivity index (χ2v) is 9.10.